The van der Waals surface area contributed by atoms with Crippen molar-refractivity contribution in [1.29, 1.82) is 0 Å². The lowest BCUT2D eigenvalue weighted by molar-refractivity contribution is 0.0575. The van der Waals surface area contributed by atoms with Crippen molar-refractivity contribution in [2.75, 3.05) is 12.0 Å². The molecule has 1 rings (SSSR count). The minimum absolute atomic E-state index is 0.444. The Bertz CT molecular complexity index is 532. The molecule has 0 spiro atoms. The third-order valence-electron chi connectivity index (χ3n) is 2.75. The fourth-order valence-corrected chi connectivity index (χ4v) is 1.98. The van der Waals surface area contributed by atoms with Crippen LogP contribution in [0.15, 0.2) is 24.3 Å². The molecule has 0 saturated carbocycles. The highest BCUT2D eigenvalue weighted by Crippen LogP contribution is 2.22. The standard InChI is InChI=1S/C17H25NO4/c1-12(2)10-13-8-7-9-14(11-13)18(15(19)21-6)16(20)22-17(3,4)5/h7-9,11-12H,10H2,1-6H3. The predicted molar refractivity (Wildman–Crippen MR) is 86.1 cm³/mol. The van der Waals surface area contributed by atoms with Crippen molar-refractivity contribution >= 4 is 17.9 Å². The molecule has 5 heteroatoms. The van der Waals surface area contributed by atoms with E-state index in [1.807, 2.05) is 12.1 Å². The van der Waals surface area contributed by atoms with Gasteiger partial charge >= 0.3 is 12.2 Å². The van der Waals surface area contributed by atoms with Gasteiger partial charge in [-0.3, -0.25) is 0 Å². The van der Waals surface area contributed by atoms with E-state index in [0.29, 0.717) is 11.6 Å². The monoisotopic (exact) mass is 307 g/mol. The SMILES string of the molecule is COC(=O)N(C(=O)OC(C)(C)C)c1cccc(CC(C)C)c1. The van der Waals surface area contributed by atoms with Crippen molar-refractivity contribution in [3.05, 3.63) is 29.8 Å². The van der Waals surface area contributed by atoms with Gasteiger partial charge < -0.3 is 9.47 Å². The first-order valence-electron chi connectivity index (χ1n) is 7.34. The van der Waals surface area contributed by atoms with Crippen LogP contribution in [0.4, 0.5) is 15.3 Å². The molecule has 0 bridgehead atoms. The van der Waals surface area contributed by atoms with Crippen LogP contribution in [0.3, 0.4) is 0 Å². The number of anilines is 1. The maximum atomic E-state index is 12.3. The topological polar surface area (TPSA) is 55.8 Å². The second-order valence-corrected chi connectivity index (χ2v) is 6.55. The number of imide groups is 1. The van der Waals surface area contributed by atoms with Gasteiger partial charge in [-0.1, -0.05) is 26.0 Å². The van der Waals surface area contributed by atoms with E-state index in [2.05, 4.69) is 13.8 Å². The van der Waals surface area contributed by atoms with Gasteiger partial charge in [0.2, 0.25) is 0 Å². The minimum atomic E-state index is -0.768. The number of carbonyl (C=O) groups is 2. The molecule has 0 aromatic heterocycles. The number of ether oxygens (including phenoxy) is 2. The van der Waals surface area contributed by atoms with Crippen LogP contribution < -0.4 is 4.90 Å². The molecule has 0 aliphatic heterocycles. The van der Waals surface area contributed by atoms with E-state index in [1.54, 1.807) is 32.9 Å². The molecule has 0 atom stereocenters. The van der Waals surface area contributed by atoms with Gasteiger partial charge in [0.1, 0.15) is 5.60 Å². The first kappa shape index (κ1) is 18.0. The van der Waals surface area contributed by atoms with E-state index in [9.17, 15) is 9.59 Å². The van der Waals surface area contributed by atoms with Gasteiger partial charge in [0.05, 0.1) is 12.8 Å². The quantitative estimate of drug-likeness (QED) is 0.831. The fraction of sp³-hybridized carbons (Fsp3) is 0.529. The Morgan fingerprint density at radius 3 is 2.32 bits per heavy atom. The third kappa shape index (κ3) is 5.39. The lowest BCUT2D eigenvalue weighted by Gasteiger charge is -2.25. The highest BCUT2D eigenvalue weighted by molar-refractivity contribution is 6.09. The van der Waals surface area contributed by atoms with Gasteiger partial charge in [-0.15, -0.1) is 0 Å². The van der Waals surface area contributed by atoms with Crippen molar-refractivity contribution in [2.24, 2.45) is 5.92 Å². The smallest absolute Gasteiger partial charge is 0.424 e. The van der Waals surface area contributed by atoms with E-state index in [0.717, 1.165) is 16.9 Å². The van der Waals surface area contributed by atoms with Crippen LogP contribution >= 0.6 is 0 Å². The molecule has 22 heavy (non-hydrogen) atoms. The third-order valence-corrected chi connectivity index (χ3v) is 2.75. The van der Waals surface area contributed by atoms with Crippen LogP contribution in [0.1, 0.15) is 40.2 Å². The molecule has 5 nitrogen and oxygen atoms in total. The first-order chi connectivity index (χ1) is 10.1. The minimum Gasteiger partial charge on any atom is -0.452 e. The number of hydrogen-bond acceptors (Lipinski definition) is 4. The average molecular weight is 307 g/mol. The summed E-state index contributed by atoms with van der Waals surface area (Å²) in [6, 6.07) is 7.27. The summed E-state index contributed by atoms with van der Waals surface area (Å²) in [4.78, 5) is 25.2. The predicted octanol–water partition coefficient (Wildman–Crippen LogP) is 4.39. The Kier molecular flexibility index (Phi) is 5.97. The van der Waals surface area contributed by atoms with Crippen molar-refractivity contribution in [2.45, 2.75) is 46.6 Å². The van der Waals surface area contributed by atoms with E-state index >= 15 is 0 Å². The Balaban J connectivity index is 3.12. The molecule has 0 aliphatic carbocycles. The number of carbonyl (C=O) groups excluding carboxylic acids is 2. The normalized spacial score (nSPS) is 11.2. The average Bonchev–Trinajstić information content (AvgIpc) is 2.36. The summed E-state index contributed by atoms with van der Waals surface area (Å²) < 4.78 is 9.99. The fourth-order valence-electron chi connectivity index (χ4n) is 1.98. The molecular weight excluding hydrogens is 282 g/mol. The van der Waals surface area contributed by atoms with Crippen LogP contribution in [-0.4, -0.2) is 24.9 Å². The lowest BCUT2D eigenvalue weighted by Crippen LogP contribution is -2.41. The van der Waals surface area contributed by atoms with E-state index in [-0.39, 0.29) is 0 Å². The summed E-state index contributed by atoms with van der Waals surface area (Å²) in [7, 11) is 1.23. The summed E-state index contributed by atoms with van der Waals surface area (Å²) >= 11 is 0. The molecule has 0 radical (unpaired) electrons. The molecule has 0 saturated heterocycles. The summed E-state index contributed by atoms with van der Waals surface area (Å²) in [5.41, 5.74) is 0.794. The molecule has 122 valence electrons. The number of benzene rings is 1. The Morgan fingerprint density at radius 2 is 1.82 bits per heavy atom. The van der Waals surface area contributed by atoms with Crippen molar-refractivity contribution in [3.8, 4) is 0 Å². The molecule has 2 amide bonds. The second kappa shape index (κ2) is 7.29. The van der Waals surface area contributed by atoms with Crippen LogP contribution in [0, 0.1) is 5.92 Å². The summed E-state index contributed by atoms with van der Waals surface area (Å²) in [5, 5.41) is 0. The zero-order valence-corrected chi connectivity index (χ0v) is 14.2. The molecule has 1 aromatic carbocycles. The number of hydrogen-bond donors (Lipinski definition) is 0. The lowest BCUT2D eigenvalue weighted by atomic mass is 10.0. The highest BCUT2D eigenvalue weighted by atomic mass is 16.6. The Morgan fingerprint density at radius 1 is 1.18 bits per heavy atom. The molecule has 1 aromatic rings. The van der Waals surface area contributed by atoms with Gasteiger partial charge in [-0.05, 0) is 50.8 Å². The summed E-state index contributed by atoms with van der Waals surface area (Å²) in [6.45, 7) is 9.46. The first-order valence-corrected chi connectivity index (χ1v) is 7.34. The maximum absolute atomic E-state index is 12.3. The van der Waals surface area contributed by atoms with Crippen LogP contribution in [0.2, 0.25) is 0 Å². The number of amides is 2. The highest BCUT2D eigenvalue weighted by Gasteiger charge is 2.29. The molecular formula is C17H25NO4. The van der Waals surface area contributed by atoms with Gasteiger partial charge in [-0.25, -0.2) is 9.59 Å². The van der Waals surface area contributed by atoms with E-state index < -0.39 is 17.8 Å². The Labute approximate surface area is 132 Å². The summed E-state index contributed by atoms with van der Waals surface area (Å²) in [5.74, 6) is 0.475. The van der Waals surface area contributed by atoms with Crippen LogP contribution in [-0.2, 0) is 15.9 Å². The van der Waals surface area contributed by atoms with E-state index in [1.165, 1.54) is 7.11 Å². The van der Waals surface area contributed by atoms with Gasteiger partial charge in [0, 0.05) is 0 Å². The number of methoxy groups -OCH3 is 1. The van der Waals surface area contributed by atoms with Crippen LogP contribution in [0.25, 0.3) is 0 Å². The molecule has 0 aliphatic rings. The molecule has 0 fully saturated rings. The number of rotatable bonds is 3. The molecule has 0 heterocycles. The summed E-state index contributed by atoms with van der Waals surface area (Å²) in [6.07, 6.45) is -0.658. The van der Waals surface area contributed by atoms with Crippen LogP contribution in [0.5, 0.6) is 0 Å². The second-order valence-electron chi connectivity index (χ2n) is 6.55. The zero-order chi connectivity index (χ0) is 16.9. The van der Waals surface area contributed by atoms with Gasteiger partial charge in [0.25, 0.3) is 0 Å². The number of nitrogens with zero attached hydrogens (tertiary/aromatic N) is 1. The van der Waals surface area contributed by atoms with Gasteiger partial charge in [0.15, 0.2) is 0 Å². The maximum Gasteiger partial charge on any atom is 0.424 e. The Hall–Kier alpha value is -2.04. The largest absolute Gasteiger partial charge is 0.452 e. The van der Waals surface area contributed by atoms with E-state index in [4.69, 9.17) is 9.47 Å². The van der Waals surface area contributed by atoms with Crippen molar-refractivity contribution in [1.82, 2.24) is 0 Å². The molecule has 0 unspecified atom stereocenters. The van der Waals surface area contributed by atoms with Crippen molar-refractivity contribution < 1.29 is 19.1 Å². The van der Waals surface area contributed by atoms with Gasteiger partial charge in [-0.2, -0.15) is 4.90 Å². The zero-order valence-electron chi connectivity index (χ0n) is 14.2. The molecule has 0 N–H and O–H groups in total. The van der Waals surface area contributed by atoms with Crippen molar-refractivity contribution in [3.63, 3.8) is 0 Å².